The van der Waals surface area contributed by atoms with Gasteiger partial charge in [0.1, 0.15) is 10.1 Å². The summed E-state index contributed by atoms with van der Waals surface area (Å²) in [6, 6.07) is 2.88. The molecule has 0 unspecified atom stereocenters. The third kappa shape index (κ3) is 13.1. The van der Waals surface area contributed by atoms with Gasteiger partial charge >= 0.3 is 41.5 Å². The van der Waals surface area contributed by atoms with E-state index in [2.05, 4.69) is 13.8 Å². The first kappa shape index (κ1) is 31.6. The maximum atomic E-state index is 12.5. The first-order chi connectivity index (χ1) is 15.3. The first-order valence-corrected chi connectivity index (χ1v) is 12.5. The molecule has 1 aromatic carbocycles. The maximum Gasteiger partial charge on any atom is 1.00 e. The second kappa shape index (κ2) is 18.0. The quantitative estimate of drug-likeness (QED) is 0.123. The first-order valence-electron chi connectivity index (χ1n) is 11.1. The van der Waals surface area contributed by atoms with Gasteiger partial charge in [0.25, 0.3) is 0 Å². The molecule has 0 aliphatic heterocycles. The zero-order valence-electron chi connectivity index (χ0n) is 19.9. The summed E-state index contributed by atoms with van der Waals surface area (Å²) in [6.07, 6.45) is 15.9. The smallest absolute Gasteiger partial charge is 0.744 e. The normalized spacial score (nSPS) is 11.5. The number of unbranched alkanes of at least 4 members (excludes halogenated alkanes) is 8. The van der Waals surface area contributed by atoms with Gasteiger partial charge in [-0.3, -0.25) is 0 Å². The fourth-order valence-electron chi connectivity index (χ4n) is 2.89. The molecule has 0 heterocycles. The third-order valence-electron chi connectivity index (χ3n) is 4.71. The van der Waals surface area contributed by atoms with Gasteiger partial charge in [-0.2, -0.15) is 0 Å². The summed E-state index contributed by atoms with van der Waals surface area (Å²) >= 11 is 0. The molecule has 33 heavy (non-hydrogen) atoms. The summed E-state index contributed by atoms with van der Waals surface area (Å²) < 4.78 is 44.1. The molecule has 178 valence electrons. The van der Waals surface area contributed by atoms with E-state index < -0.39 is 27.0 Å². The van der Waals surface area contributed by atoms with Crippen LogP contribution in [0.25, 0.3) is 0 Å². The van der Waals surface area contributed by atoms with E-state index in [1.807, 2.05) is 0 Å². The SMILES string of the molecule is CCCCCC/C=C/OC(=O)c1ccc(S(=O)(=O)[O-])cc1C(=O)O/C=C/CCCCCC.[Na+]. The van der Waals surface area contributed by atoms with E-state index in [1.165, 1.54) is 12.5 Å². The van der Waals surface area contributed by atoms with Crippen molar-refractivity contribution < 1.29 is 61.6 Å². The minimum absolute atomic E-state index is 0. The van der Waals surface area contributed by atoms with E-state index in [0.717, 1.165) is 82.4 Å². The van der Waals surface area contributed by atoms with E-state index in [-0.39, 0.29) is 40.7 Å². The second-order valence-corrected chi connectivity index (χ2v) is 8.79. The number of hydrogen-bond acceptors (Lipinski definition) is 7. The minimum Gasteiger partial charge on any atom is -0.744 e. The molecule has 9 heteroatoms. The standard InChI is InChI=1S/C24H34O7S.Na/c1-3-5-7-9-11-13-17-30-23(25)21-16-15-20(32(27,28)29)19-22(21)24(26)31-18-14-12-10-8-6-4-2;/h13-19H,3-12H2,1-2H3,(H,27,28,29);/q;+1/p-1/b17-13+,18-14+;. The number of hydrogen-bond donors (Lipinski definition) is 0. The van der Waals surface area contributed by atoms with Crippen LogP contribution in [-0.2, 0) is 19.6 Å². The summed E-state index contributed by atoms with van der Waals surface area (Å²) in [7, 11) is -4.81. The third-order valence-corrected chi connectivity index (χ3v) is 5.54. The van der Waals surface area contributed by atoms with Crippen molar-refractivity contribution >= 4 is 22.1 Å². The Morgan fingerprint density at radius 1 is 0.818 bits per heavy atom. The Labute approximate surface area is 219 Å². The number of allylic oxidation sites excluding steroid dienone is 2. The Balaban J connectivity index is 0.0000102. The van der Waals surface area contributed by atoms with Crippen molar-refractivity contribution in [1.82, 2.24) is 0 Å². The molecule has 0 fully saturated rings. The van der Waals surface area contributed by atoms with Gasteiger partial charge in [0.05, 0.1) is 28.5 Å². The Morgan fingerprint density at radius 2 is 1.30 bits per heavy atom. The number of ether oxygens (including phenoxy) is 2. The van der Waals surface area contributed by atoms with Crippen molar-refractivity contribution in [3.8, 4) is 0 Å². The fraction of sp³-hybridized carbons (Fsp3) is 0.500. The van der Waals surface area contributed by atoms with E-state index in [1.54, 1.807) is 12.2 Å². The van der Waals surface area contributed by atoms with Gasteiger partial charge in [0.2, 0.25) is 0 Å². The average molecular weight is 489 g/mol. The molecule has 1 aromatic rings. The van der Waals surface area contributed by atoms with E-state index >= 15 is 0 Å². The molecular weight excluding hydrogens is 455 g/mol. The predicted molar refractivity (Wildman–Crippen MR) is 121 cm³/mol. The summed E-state index contributed by atoms with van der Waals surface area (Å²) in [5, 5.41) is 0. The van der Waals surface area contributed by atoms with Crippen molar-refractivity contribution in [2.24, 2.45) is 0 Å². The van der Waals surface area contributed by atoms with Crippen molar-refractivity contribution in [3.63, 3.8) is 0 Å². The second-order valence-electron chi connectivity index (χ2n) is 7.41. The van der Waals surface area contributed by atoms with Crippen LogP contribution in [0, 0.1) is 0 Å². The van der Waals surface area contributed by atoms with Crippen LogP contribution < -0.4 is 29.6 Å². The molecule has 0 saturated heterocycles. The number of benzene rings is 1. The summed E-state index contributed by atoms with van der Waals surface area (Å²) in [5.74, 6) is -1.80. The Hall–Kier alpha value is -1.45. The number of carbonyl (C=O) groups is 2. The molecule has 0 saturated carbocycles. The van der Waals surface area contributed by atoms with Crippen LogP contribution in [0.4, 0.5) is 0 Å². The summed E-state index contributed by atoms with van der Waals surface area (Å²) in [6.45, 7) is 4.23. The topological polar surface area (TPSA) is 110 Å². The summed E-state index contributed by atoms with van der Waals surface area (Å²) in [4.78, 5) is 24.3. The van der Waals surface area contributed by atoms with Gasteiger partial charge < -0.3 is 14.0 Å². The van der Waals surface area contributed by atoms with Crippen molar-refractivity contribution in [1.29, 1.82) is 0 Å². The van der Waals surface area contributed by atoms with Crippen molar-refractivity contribution in [2.45, 2.75) is 83.0 Å². The van der Waals surface area contributed by atoms with Crippen LogP contribution in [0.2, 0.25) is 0 Å². The Kier molecular flexibility index (Phi) is 17.2. The maximum absolute atomic E-state index is 12.5. The number of rotatable bonds is 15. The van der Waals surface area contributed by atoms with Gasteiger partial charge in [0, 0.05) is 0 Å². The van der Waals surface area contributed by atoms with E-state index in [9.17, 15) is 22.6 Å². The largest absolute Gasteiger partial charge is 1.00 e. The average Bonchev–Trinajstić information content (AvgIpc) is 2.76. The minimum atomic E-state index is -4.81. The molecular formula is C24H33NaO7S. The van der Waals surface area contributed by atoms with Gasteiger partial charge in [-0.25, -0.2) is 18.0 Å². The van der Waals surface area contributed by atoms with Crippen molar-refractivity contribution in [3.05, 3.63) is 54.0 Å². The Bertz CT molecular complexity index is 892. The number of esters is 2. The van der Waals surface area contributed by atoms with Crippen LogP contribution in [0.15, 0.2) is 47.8 Å². The molecule has 0 radical (unpaired) electrons. The van der Waals surface area contributed by atoms with Crippen LogP contribution in [0.5, 0.6) is 0 Å². The molecule has 0 amide bonds. The molecule has 0 N–H and O–H groups in total. The van der Waals surface area contributed by atoms with Crippen molar-refractivity contribution in [2.75, 3.05) is 0 Å². The van der Waals surface area contributed by atoms with Gasteiger partial charge in [-0.15, -0.1) is 0 Å². The van der Waals surface area contributed by atoms with Crippen LogP contribution in [0.3, 0.4) is 0 Å². The molecule has 0 spiro atoms. The van der Waals surface area contributed by atoms with Gasteiger partial charge in [0.15, 0.2) is 0 Å². The molecule has 0 aliphatic rings. The zero-order valence-corrected chi connectivity index (χ0v) is 22.7. The van der Waals surface area contributed by atoms with Crippen LogP contribution in [-0.4, -0.2) is 24.9 Å². The van der Waals surface area contributed by atoms with E-state index in [0.29, 0.717) is 0 Å². The molecule has 1 rings (SSSR count). The molecule has 7 nitrogen and oxygen atoms in total. The Morgan fingerprint density at radius 3 is 1.76 bits per heavy atom. The molecule has 0 atom stereocenters. The van der Waals surface area contributed by atoms with E-state index in [4.69, 9.17) is 9.47 Å². The zero-order chi connectivity index (χ0) is 23.8. The van der Waals surface area contributed by atoms with Gasteiger partial charge in [-0.05, 0) is 56.0 Å². The number of carbonyl (C=O) groups excluding carboxylic acids is 2. The summed E-state index contributed by atoms with van der Waals surface area (Å²) in [5.41, 5.74) is -0.534. The molecule has 0 bridgehead atoms. The van der Waals surface area contributed by atoms with Crippen LogP contribution >= 0.6 is 0 Å². The van der Waals surface area contributed by atoms with Crippen LogP contribution in [0.1, 0.15) is 98.8 Å². The molecule has 0 aliphatic carbocycles. The fourth-order valence-corrected chi connectivity index (χ4v) is 3.38. The predicted octanol–water partition coefficient (Wildman–Crippen LogP) is 2.88. The monoisotopic (exact) mass is 488 g/mol. The molecule has 0 aromatic heterocycles. The van der Waals surface area contributed by atoms with Gasteiger partial charge in [-0.1, -0.05) is 52.4 Å².